The van der Waals surface area contributed by atoms with E-state index < -0.39 is 12.3 Å². The largest absolute Gasteiger partial charge is 0.377 e. The zero-order valence-corrected chi connectivity index (χ0v) is 18.7. The van der Waals surface area contributed by atoms with Crippen molar-refractivity contribution in [3.8, 4) is 0 Å². The van der Waals surface area contributed by atoms with Crippen molar-refractivity contribution in [1.82, 2.24) is 5.32 Å². The molecule has 0 aromatic rings. The molecule has 2 unspecified atom stereocenters. The Morgan fingerprint density at radius 1 is 0.862 bits per heavy atom. The summed E-state index contributed by atoms with van der Waals surface area (Å²) >= 11 is 0. The van der Waals surface area contributed by atoms with Crippen LogP contribution in [0.5, 0.6) is 0 Å². The topological polar surface area (TPSA) is 92.3 Å². The van der Waals surface area contributed by atoms with Crippen molar-refractivity contribution in [2.24, 2.45) is 0 Å². The van der Waals surface area contributed by atoms with Crippen molar-refractivity contribution >= 4 is 11.7 Å². The minimum Gasteiger partial charge on any atom is -0.377 e. The predicted octanol–water partition coefficient (Wildman–Crippen LogP) is 1.94. The number of carbonyl (C=O) groups excluding carboxylic acids is 2. The highest BCUT2D eigenvalue weighted by atomic mass is 19.1. The number of rotatable bonds is 19. The Morgan fingerprint density at radius 3 is 1.76 bits per heavy atom. The molecule has 0 heterocycles. The molecule has 29 heavy (non-hydrogen) atoms. The van der Waals surface area contributed by atoms with Crippen LogP contribution in [0, 0.1) is 0 Å². The van der Waals surface area contributed by atoms with E-state index in [1.54, 1.807) is 13.8 Å². The van der Waals surface area contributed by atoms with E-state index >= 15 is 0 Å². The van der Waals surface area contributed by atoms with E-state index in [2.05, 4.69) is 5.32 Å². The van der Waals surface area contributed by atoms with Crippen LogP contribution in [-0.4, -0.2) is 90.0 Å². The summed E-state index contributed by atoms with van der Waals surface area (Å²) in [6.07, 6.45) is -1.38. The fraction of sp³-hybridized carbons (Fsp3) is 0.900. The monoisotopic (exact) mass is 425 g/mol. The highest BCUT2D eigenvalue weighted by Gasteiger charge is 2.16. The Balaban J connectivity index is 0. The van der Waals surface area contributed by atoms with Gasteiger partial charge in [0, 0.05) is 13.3 Å². The number of carbonyl (C=O) groups is 2. The molecule has 9 heteroatoms. The highest BCUT2D eigenvalue weighted by Crippen LogP contribution is 2.02. The molecule has 174 valence electrons. The molecule has 8 nitrogen and oxygen atoms in total. The van der Waals surface area contributed by atoms with E-state index in [-0.39, 0.29) is 31.4 Å². The summed E-state index contributed by atoms with van der Waals surface area (Å²) in [5, 5.41) is 2.41. The van der Waals surface area contributed by atoms with Gasteiger partial charge in [-0.25, -0.2) is 4.39 Å². The van der Waals surface area contributed by atoms with E-state index in [0.717, 1.165) is 0 Å². The van der Waals surface area contributed by atoms with Crippen molar-refractivity contribution in [3.05, 3.63) is 0 Å². The number of hydrogen-bond acceptors (Lipinski definition) is 7. The van der Waals surface area contributed by atoms with Gasteiger partial charge in [0.25, 0.3) is 0 Å². The first-order valence-electron chi connectivity index (χ1n) is 10.3. The standard InChI is InChI=1S/C18H34FNO7.C2H6/c1-4-17(22)14-26-10-9-24-6-5-23-7-8-25-11-12-27-15(2)18(19)13-20-16(3)21;1-2/h15,18H,4-14H2,1-3H3,(H,20,21);1-2H3. The van der Waals surface area contributed by atoms with Crippen LogP contribution < -0.4 is 5.32 Å². The normalized spacial score (nSPS) is 12.6. The number of Topliss-reactive ketones (excluding diaryl/α,β-unsaturated/α-hetero) is 1. The summed E-state index contributed by atoms with van der Waals surface area (Å²) in [5.41, 5.74) is 0. The number of alkyl halides is 1. The van der Waals surface area contributed by atoms with Crippen LogP contribution >= 0.6 is 0 Å². The van der Waals surface area contributed by atoms with Gasteiger partial charge in [0.05, 0.1) is 65.5 Å². The zero-order chi connectivity index (χ0) is 22.3. The molecular weight excluding hydrogens is 385 g/mol. The van der Waals surface area contributed by atoms with Crippen molar-refractivity contribution < 1.29 is 37.7 Å². The van der Waals surface area contributed by atoms with Crippen molar-refractivity contribution in [2.45, 2.75) is 53.3 Å². The Bertz CT molecular complexity index is 386. The fourth-order valence-electron chi connectivity index (χ4n) is 1.75. The Hall–Kier alpha value is -1.13. The molecule has 0 rings (SSSR count). The molecule has 0 saturated carbocycles. The van der Waals surface area contributed by atoms with Crippen LogP contribution in [0.2, 0.25) is 0 Å². The van der Waals surface area contributed by atoms with E-state index in [9.17, 15) is 14.0 Å². The molecule has 0 fully saturated rings. The summed E-state index contributed by atoms with van der Waals surface area (Å²) in [6, 6.07) is 0. The smallest absolute Gasteiger partial charge is 0.216 e. The molecular formula is C20H40FNO7. The van der Waals surface area contributed by atoms with Crippen molar-refractivity contribution in [2.75, 3.05) is 66.0 Å². The van der Waals surface area contributed by atoms with Gasteiger partial charge in [-0.1, -0.05) is 20.8 Å². The third kappa shape index (κ3) is 23.0. The number of hydrogen-bond donors (Lipinski definition) is 1. The summed E-state index contributed by atoms with van der Waals surface area (Å²) in [4.78, 5) is 21.7. The summed E-state index contributed by atoms with van der Waals surface area (Å²) in [5.74, 6) is -0.192. The van der Waals surface area contributed by atoms with Crippen LogP contribution in [0.15, 0.2) is 0 Å². The lowest BCUT2D eigenvalue weighted by molar-refractivity contribution is -0.124. The molecule has 2 atom stereocenters. The third-order valence-electron chi connectivity index (χ3n) is 3.44. The van der Waals surface area contributed by atoms with E-state index in [0.29, 0.717) is 52.7 Å². The quantitative estimate of drug-likeness (QED) is 0.316. The van der Waals surface area contributed by atoms with Gasteiger partial charge in [0.15, 0.2) is 5.78 Å². The third-order valence-corrected chi connectivity index (χ3v) is 3.44. The maximum Gasteiger partial charge on any atom is 0.216 e. The Labute approximate surface area is 174 Å². The molecule has 1 amide bonds. The molecule has 0 aromatic carbocycles. The van der Waals surface area contributed by atoms with Gasteiger partial charge in [-0.3, -0.25) is 9.59 Å². The van der Waals surface area contributed by atoms with E-state index in [1.165, 1.54) is 6.92 Å². The van der Waals surface area contributed by atoms with E-state index in [1.807, 2.05) is 13.8 Å². The molecule has 1 N–H and O–H groups in total. The first-order chi connectivity index (χ1) is 14.0. The number of nitrogens with one attached hydrogen (secondary N) is 1. The lowest BCUT2D eigenvalue weighted by Gasteiger charge is -2.17. The number of amides is 1. The van der Waals surface area contributed by atoms with Gasteiger partial charge < -0.3 is 29.0 Å². The van der Waals surface area contributed by atoms with Gasteiger partial charge in [-0.05, 0) is 6.92 Å². The summed E-state index contributed by atoms with van der Waals surface area (Å²) < 4.78 is 40.0. The SMILES string of the molecule is CC.CCC(=O)COCCOCCOCCOCCOC(C)C(F)CNC(C)=O. The molecule has 0 bridgehead atoms. The van der Waals surface area contributed by atoms with Crippen molar-refractivity contribution in [1.29, 1.82) is 0 Å². The average Bonchev–Trinajstić information content (AvgIpc) is 2.73. The lowest BCUT2D eigenvalue weighted by atomic mass is 10.2. The first-order valence-corrected chi connectivity index (χ1v) is 10.3. The first kappa shape index (κ1) is 30.1. The van der Waals surface area contributed by atoms with Gasteiger partial charge in [0.1, 0.15) is 12.8 Å². The average molecular weight is 426 g/mol. The lowest BCUT2D eigenvalue weighted by Crippen LogP contribution is -2.35. The van der Waals surface area contributed by atoms with Gasteiger partial charge in [0.2, 0.25) is 5.91 Å². The maximum absolute atomic E-state index is 13.6. The molecule has 0 aliphatic heterocycles. The van der Waals surface area contributed by atoms with Gasteiger partial charge in [-0.2, -0.15) is 0 Å². The minimum atomic E-state index is -1.25. The van der Waals surface area contributed by atoms with Crippen LogP contribution in [0.3, 0.4) is 0 Å². The molecule has 0 saturated heterocycles. The van der Waals surface area contributed by atoms with Gasteiger partial charge in [-0.15, -0.1) is 0 Å². The highest BCUT2D eigenvalue weighted by molar-refractivity contribution is 5.79. The van der Waals surface area contributed by atoms with Crippen molar-refractivity contribution in [3.63, 3.8) is 0 Å². The molecule has 0 aromatic heterocycles. The van der Waals surface area contributed by atoms with Gasteiger partial charge >= 0.3 is 0 Å². The van der Waals surface area contributed by atoms with Crippen LogP contribution in [0.4, 0.5) is 4.39 Å². The molecule has 0 spiro atoms. The second kappa shape index (κ2) is 23.2. The fourth-order valence-corrected chi connectivity index (χ4v) is 1.75. The zero-order valence-electron chi connectivity index (χ0n) is 18.7. The second-order valence-electron chi connectivity index (χ2n) is 5.81. The molecule has 0 aliphatic rings. The van der Waals surface area contributed by atoms with Crippen LogP contribution in [0.1, 0.15) is 41.0 Å². The Morgan fingerprint density at radius 2 is 1.31 bits per heavy atom. The Kier molecular flexibility index (Phi) is 24.0. The summed E-state index contributed by atoms with van der Waals surface area (Å²) in [6.45, 7) is 12.0. The maximum atomic E-state index is 13.6. The minimum absolute atomic E-state index is 0.0593. The number of ether oxygens (including phenoxy) is 5. The second-order valence-corrected chi connectivity index (χ2v) is 5.81. The molecule has 0 radical (unpaired) electrons. The van der Waals surface area contributed by atoms with Crippen LogP contribution in [0.25, 0.3) is 0 Å². The number of halogens is 1. The predicted molar refractivity (Wildman–Crippen MR) is 109 cm³/mol. The molecule has 0 aliphatic carbocycles. The van der Waals surface area contributed by atoms with E-state index in [4.69, 9.17) is 23.7 Å². The number of ketones is 1. The van der Waals surface area contributed by atoms with Crippen LogP contribution in [-0.2, 0) is 33.3 Å². The summed E-state index contributed by atoms with van der Waals surface area (Å²) in [7, 11) is 0.